The summed E-state index contributed by atoms with van der Waals surface area (Å²) in [7, 11) is -3.65. The molecule has 0 aromatic carbocycles. The van der Waals surface area contributed by atoms with E-state index in [0.717, 1.165) is 11.3 Å². The SMILES string of the molecule is N#CCS(=O)(=O)Nc1ncc(C#CCO)s1. The van der Waals surface area contributed by atoms with Crippen molar-refractivity contribution in [2.45, 2.75) is 0 Å². The van der Waals surface area contributed by atoms with Crippen molar-refractivity contribution in [3.8, 4) is 17.9 Å². The van der Waals surface area contributed by atoms with Gasteiger partial charge in [-0.3, -0.25) is 4.72 Å². The van der Waals surface area contributed by atoms with E-state index in [4.69, 9.17) is 10.4 Å². The van der Waals surface area contributed by atoms with Crippen LogP contribution in [0.1, 0.15) is 4.88 Å². The molecule has 0 aliphatic carbocycles. The van der Waals surface area contributed by atoms with Gasteiger partial charge in [0.25, 0.3) is 0 Å². The third-order valence-electron chi connectivity index (χ3n) is 1.29. The molecule has 0 fully saturated rings. The highest BCUT2D eigenvalue weighted by molar-refractivity contribution is 7.93. The van der Waals surface area contributed by atoms with E-state index in [1.54, 1.807) is 0 Å². The van der Waals surface area contributed by atoms with E-state index >= 15 is 0 Å². The van der Waals surface area contributed by atoms with Gasteiger partial charge in [0.1, 0.15) is 6.61 Å². The zero-order valence-corrected chi connectivity index (χ0v) is 9.60. The molecule has 1 heterocycles. The van der Waals surface area contributed by atoms with Gasteiger partial charge in [0.15, 0.2) is 10.9 Å². The Labute approximate surface area is 96.6 Å². The van der Waals surface area contributed by atoms with Crippen LogP contribution in [0.5, 0.6) is 0 Å². The number of hydrogen-bond acceptors (Lipinski definition) is 6. The Hall–Kier alpha value is -1.61. The maximum atomic E-state index is 11.2. The predicted molar refractivity (Wildman–Crippen MR) is 59.1 cm³/mol. The average Bonchev–Trinajstić information content (AvgIpc) is 2.61. The molecule has 0 radical (unpaired) electrons. The summed E-state index contributed by atoms with van der Waals surface area (Å²) >= 11 is 1.03. The molecular formula is C8H7N3O3S2. The van der Waals surface area contributed by atoms with Gasteiger partial charge in [-0.2, -0.15) is 5.26 Å². The number of aliphatic hydroxyl groups excluding tert-OH is 1. The Morgan fingerprint density at radius 1 is 1.62 bits per heavy atom. The van der Waals surface area contributed by atoms with Crippen molar-refractivity contribution >= 4 is 26.5 Å². The van der Waals surface area contributed by atoms with Crippen molar-refractivity contribution in [3.05, 3.63) is 11.1 Å². The van der Waals surface area contributed by atoms with Crippen LogP contribution < -0.4 is 4.72 Å². The van der Waals surface area contributed by atoms with Crippen LogP contribution in [-0.2, 0) is 10.0 Å². The van der Waals surface area contributed by atoms with Crippen LogP contribution in [0.3, 0.4) is 0 Å². The molecule has 0 saturated heterocycles. The van der Waals surface area contributed by atoms with Crippen LogP contribution in [0, 0.1) is 23.2 Å². The lowest BCUT2D eigenvalue weighted by Crippen LogP contribution is -2.15. The lowest BCUT2D eigenvalue weighted by atomic mass is 10.5. The molecule has 0 bridgehead atoms. The van der Waals surface area contributed by atoms with Crippen molar-refractivity contribution in [2.24, 2.45) is 0 Å². The Bertz CT molecular complexity index is 559. The molecule has 0 amide bonds. The molecule has 1 aromatic heterocycles. The maximum Gasteiger partial charge on any atom is 0.247 e. The number of aromatic nitrogens is 1. The second kappa shape index (κ2) is 5.47. The van der Waals surface area contributed by atoms with E-state index in [1.807, 2.05) is 0 Å². The van der Waals surface area contributed by atoms with Crippen molar-refractivity contribution in [1.82, 2.24) is 4.98 Å². The fourth-order valence-electron chi connectivity index (χ4n) is 0.760. The van der Waals surface area contributed by atoms with Crippen molar-refractivity contribution in [3.63, 3.8) is 0 Å². The monoisotopic (exact) mass is 257 g/mol. The van der Waals surface area contributed by atoms with Gasteiger partial charge in [0.2, 0.25) is 10.0 Å². The topological polar surface area (TPSA) is 103 Å². The summed E-state index contributed by atoms with van der Waals surface area (Å²) in [6.07, 6.45) is 1.39. The third kappa shape index (κ3) is 3.87. The van der Waals surface area contributed by atoms with Crippen LogP contribution in [0.15, 0.2) is 6.20 Å². The fourth-order valence-corrected chi connectivity index (χ4v) is 2.41. The number of nitriles is 1. The lowest BCUT2D eigenvalue weighted by molar-refractivity contribution is 0.350. The van der Waals surface area contributed by atoms with Crippen LogP contribution >= 0.6 is 11.3 Å². The molecule has 0 spiro atoms. The van der Waals surface area contributed by atoms with Crippen LogP contribution in [0.25, 0.3) is 0 Å². The molecule has 8 heteroatoms. The van der Waals surface area contributed by atoms with Gasteiger partial charge in [0.05, 0.1) is 17.1 Å². The Kier molecular flexibility index (Phi) is 4.26. The minimum Gasteiger partial charge on any atom is -0.384 e. The number of sulfonamides is 1. The van der Waals surface area contributed by atoms with Gasteiger partial charge < -0.3 is 5.11 Å². The third-order valence-corrected chi connectivity index (χ3v) is 3.26. The molecule has 0 atom stereocenters. The second-order valence-electron chi connectivity index (χ2n) is 2.51. The van der Waals surface area contributed by atoms with Gasteiger partial charge in [0, 0.05) is 0 Å². The highest BCUT2D eigenvalue weighted by Gasteiger charge is 2.11. The maximum absolute atomic E-state index is 11.2. The van der Waals surface area contributed by atoms with Crippen LogP contribution in [-0.4, -0.2) is 30.9 Å². The molecule has 84 valence electrons. The first-order chi connectivity index (χ1) is 7.57. The average molecular weight is 257 g/mol. The highest BCUT2D eigenvalue weighted by Crippen LogP contribution is 2.18. The number of thiazole rings is 1. The molecular weight excluding hydrogens is 250 g/mol. The Morgan fingerprint density at radius 3 is 3.00 bits per heavy atom. The first kappa shape index (κ1) is 12.5. The van der Waals surface area contributed by atoms with E-state index < -0.39 is 15.8 Å². The summed E-state index contributed by atoms with van der Waals surface area (Å²) in [4.78, 5) is 4.30. The van der Waals surface area contributed by atoms with Gasteiger partial charge in [-0.05, 0) is 0 Å². The fraction of sp³-hybridized carbons (Fsp3) is 0.250. The molecule has 1 rings (SSSR count). The number of nitrogens with one attached hydrogen (secondary N) is 1. The molecule has 2 N–H and O–H groups in total. The van der Waals surface area contributed by atoms with Gasteiger partial charge in [-0.1, -0.05) is 23.2 Å². The van der Waals surface area contributed by atoms with Gasteiger partial charge >= 0.3 is 0 Å². The van der Waals surface area contributed by atoms with Crippen molar-refractivity contribution in [1.29, 1.82) is 5.26 Å². The summed E-state index contributed by atoms with van der Waals surface area (Å²) in [6.45, 7) is -0.270. The zero-order chi connectivity index (χ0) is 12.0. The normalized spacial score (nSPS) is 10.0. The molecule has 1 aromatic rings. The van der Waals surface area contributed by atoms with Gasteiger partial charge in [-0.15, -0.1) is 0 Å². The summed E-state index contributed by atoms with van der Waals surface area (Å²) in [5.41, 5.74) is 0. The van der Waals surface area contributed by atoms with E-state index in [2.05, 4.69) is 21.5 Å². The van der Waals surface area contributed by atoms with Crippen LogP contribution in [0.2, 0.25) is 0 Å². The summed E-state index contributed by atoms with van der Waals surface area (Å²) in [5, 5.41) is 16.9. The van der Waals surface area contributed by atoms with E-state index in [-0.39, 0.29) is 11.7 Å². The summed E-state index contributed by atoms with van der Waals surface area (Å²) in [6, 6.07) is 1.53. The van der Waals surface area contributed by atoms with Crippen molar-refractivity contribution in [2.75, 3.05) is 17.1 Å². The Balaban J connectivity index is 2.77. The minimum absolute atomic E-state index is 0.150. The molecule has 6 nitrogen and oxygen atoms in total. The smallest absolute Gasteiger partial charge is 0.247 e. The molecule has 0 aliphatic heterocycles. The number of nitrogens with zero attached hydrogens (tertiary/aromatic N) is 2. The molecule has 0 unspecified atom stereocenters. The largest absolute Gasteiger partial charge is 0.384 e. The number of anilines is 1. The lowest BCUT2D eigenvalue weighted by Gasteiger charge is -1.98. The first-order valence-corrected chi connectivity index (χ1v) is 6.47. The van der Waals surface area contributed by atoms with E-state index in [1.165, 1.54) is 12.3 Å². The minimum atomic E-state index is -3.65. The standard InChI is InChI=1S/C8H7N3O3S2/c9-3-5-16(13,14)11-8-10-6-7(15-8)2-1-4-12/h6,12H,4-5H2,(H,10,11). The molecule has 16 heavy (non-hydrogen) atoms. The first-order valence-electron chi connectivity index (χ1n) is 4.00. The Morgan fingerprint density at radius 2 is 2.38 bits per heavy atom. The zero-order valence-electron chi connectivity index (χ0n) is 7.97. The number of aliphatic hydroxyl groups is 1. The van der Waals surface area contributed by atoms with Crippen LogP contribution in [0.4, 0.5) is 5.13 Å². The number of hydrogen-bond donors (Lipinski definition) is 2. The highest BCUT2D eigenvalue weighted by atomic mass is 32.2. The van der Waals surface area contributed by atoms with E-state index in [9.17, 15) is 8.42 Å². The van der Waals surface area contributed by atoms with Crippen molar-refractivity contribution < 1.29 is 13.5 Å². The molecule has 0 aliphatic rings. The number of rotatable bonds is 3. The summed E-state index contributed by atoms with van der Waals surface area (Å²) < 4.78 is 24.5. The van der Waals surface area contributed by atoms with E-state index in [0.29, 0.717) is 4.88 Å². The predicted octanol–water partition coefficient (Wildman–Crippen LogP) is -0.248. The summed E-state index contributed by atoms with van der Waals surface area (Å²) in [5.74, 6) is 4.38. The second-order valence-corrected chi connectivity index (χ2v) is 5.26. The quantitative estimate of drug-likeness (QED) is 0.727. The van der Waals surface area contributed by atoms with Gasteiger partial charge in [-0.25, -0.2) is 13.4 Å². The molecule has 0 saturated carbocycles.